The minimum absolute atomic E-state index is 0.0106. The summed E-state index contributed by atoms with van der Waals surface area (Å²) in [5.74, 6) is -0.0332. The highest BCUT2D eigenvalue weighted by Crippen LogP contribution is 2.27. The first-order valence-electron chi connectivity index (χ1n) is 6.24. The predicted molar refractivity (Wildman–Crippen MR) is 73.7 cm³/mol. The Balaban J connectivity index is 3.00. The Morgan fingerprint density at radius 2 is 2.00 bits per heavy atom. The third-order valence-electron chi connectivity index (χ3n) is 2.65. The van der Waals surface area contributed by atoms with Gasteiger partial charge in [0.05, 0.1) is 6.10 Å². The van der Waals surface area contributed by atoms with Crippen molar-refractivity contribution < 1.29 is 9.13 Å². The van der Waals surface area contributed by atoms with Crippen LogP contribution in [0.25, 0.3) is 0 Å². The zero-order valence-corrected chi connectivity index (χ0v) is 11.4. The summed E-state index contributed by atoms with van der Waals surface area (Å²) in [6.07, 6.45) is 1.65. The topological polar surface area (TPSA) is 81.2 Å². The van der Waals surface area contributed by atoms with Gasteiger partial charge in [-0.1, -0.05) is 13.8 Å². The van der Waals surface area contributed by atoms with Gasteiger partial charge in [0, 0.05) is 6.07 Å². The Labute approximate surface area is 117 Å². The molecule has 0 bridgehead atoms. The monoisotopic (exact) mass is 274 g/mol. The van der Waals surface area contributed by atoms with E-state index in [0.29, 0.717) is 5.75 Å². The van der Waals surface area contributed by atoms with Crippen LogP contribution in [0, 0.1) is 28.5 Å². The van der Waals surface area contributed by atoms with Crippen molar-refractivity contribution in [3.63, 3.8) is 0 Å². The fraction of sp³-hybridized carbons (Fsp3) is 0.357. The van der Waals surface area contributed by atoms with Crippen molar-refractivity contribution in [2.45, 2.75) is 32.8 Å². The van der Waals surface area contributed by atoms with E-state index in [1.54, 1.807) is 12.1 Å². The number of hydrogen-bond acceptors (Lipinski definition) is 5. The van der Waals surface area contributed by atoms with Gasteiger partial charge in [0.1, 0.15) is 29.4 Å². The Kier molecular flexibility index (Phi) is 5.99. The number of hydrazone groups is 1. The van der Waals surface area contributed by atoms with Gasteiger partial charge in [0.15, 0.2) is 0 Å². The van der Waals surface area contributed by atoms with E-state index in [-0.39, 0.29) is 17.5 Å². The van der Waals surface area contributed by atoms with Gasteiger partial charge >= 0.3 is 0 Å². The molecule has 5 nitrogen and oxygen atoms in total. The molecule has 104 valence electrons. The van der Waals surface area contributed by atoms with Crippen molar-refractivity contribution >= 4 is 11.4 Å². The van der Waals surface area contributed by atoms with Gasteiger partial charge in [-0.3, -0.25) is 5.43 Å². The maximum absolute atomic E-state index is 13.3. The third kappa shape index (κ3) is 4.25. The van der Waals surface area contributed by atoms with E-state index in [2.05, 4.69) is 10.5 Å². The molecule has 0 fully saturated rings. The number of anilines is 1. The molecule has 0 spiro atoms. The van der Waals surface area contributed by atoms with Crippen LogP contribution in [0.15, 0.2) is 23.3 Å². The minimum atomic E-state index is -0.463. The van der Waals surface area contributed by atoms with Gasteiger partial charge in [-0.2, -0.15) is 15.6 Å². The number of rotatable bonds is 6. The fourth-order valence-corrected chi connectivity index (χ4v) is 1.52. The Hall–Kier alpha value is -2.60. The lowest BCUT2D eigenvalue weighted by molar-refractivity contribution is 0.194. The molecule has 6 heteroatoms. The summed E-state index contributed by atoms with van der Waals surface area (Å²) in [4.78, 5) is 0. The first-order valence-corrected chi connectivity index (χ1v) is 6.24. The number of nitriles is 2. The van der Waals surface area contributed by atoms with Gasteiger partial charge in [-0.25, -0.2) is 4.39 Å². The third-order valence-corrected chi connectivity index (χ3v) is 2.65. The summed E-state index contributed by atoms with van der Waals surface area (Å²) in [5, 5.41) is 20.8. The lowest BCUT2D eigenvalue weighted by atomic mass is 10.2. The maximum Gasteiger partial charge on any atom is 0.237 e. The van der Waals surface area contributed by atoms with Crippen LogP contribution in [-0.4, -0.2) is 11.8 Å². The average molecular weight is 274 g/mol. The number of nitrogens with one attached hydrogen (secondary N) is 1. The first-order chi connectivity index (χ1) is 9.64. The fourth-order valence-electron chi connectivity index (χ4n) is 1.52. The standard InChI is InChI=1S/C14H15FN4O/c1-3-12(4-2)20-14-6-5-10(15)7-13(14)19-18-11(8-16)9-17/h5-7,12,19H,3-4H2,1-2H3. The molecule has 1 N–H and O–H groups in total. The van der Waals surface area contributed by atoms with Crippen LogP contribution in [0.3, 0.4) is 0 Å². The minimum Gasteiger partial charge on any atom is -0.488 e. The van der Waals surface area contributed by atoms with E-state index in [9.17, 15) is 4.39 Å². The van der Waals surface area contributed by atoms with Gasteiger partial charge in [0.25, 0.3) is 0 Å². The van der Waals surface area contributed by atoms with E-state index in [1.807, 2.05) is 13.8 Å². The van der Waals surface area contributed by atoms with Gasteiger partial charge in [-0.15, -0.1) is 0 Å². The molecule has 0 aliphatic rings. The van der Waals surface area contributed by atoms with Crippen molar-refractivity contribution in [1.82, 2.24) is 0 Å². The molecule has 0 unspecified atom stereocenters. The van der Waals surface area contributed by atoms with Crippen LogP contribution in [0.5, 0.6) is 5.75 Å². The lowest BCUT2D eigenvalue weighted by Gasteiger charge is -2.18. The highest BCUT2D eigenvalue weighted by atomic mass is 19.1. The second-order valence-corrected chi connectivity index (χ2v) is 3.99. The van der Waals surface area contributed by atoms with Crippen molar-refractivity contribution in [3.8, 4) is 17.9 Å². The first kappa shape index (κ1) is 15.5. The second-order valence-electron chi connectivity index (χ2n) is 3.99. The number of hydrogen-bond donors (Lipinski definition) is 1. The van der Waals surface area contributed by atoms with Crippen molar-refractivity contribution in [2.24, 2.45) is 5.10 Å². The average Bonchev–Trinajstić information content (AvgIpc) is 2.47. The van der Waals surface area contributed by atoms with Crippen LogP contribution >= 0.6 is 0 Å². The molecule has 20 heavy (non-hydrogen) atoms. The molecule has 0 saturated carbocycles. The summed E-state index contributed by atoms with van der Waals surface area (Å²) in [7, 11) is 0. The number of ether oxygens (including phenoxy) is 1. The van der Waals surface area contributed by atoms with E-state index in [0.717, 1.165) is 12.8 Å². The van der Waals surface area contributed by atoms with Gasteiger partial charge in [-0.05, 0) is 25.0 Å². The molecule has 0 saturated heterocycles. The van der Waals surface area contributed by atoms with Gasteiger partial charge in [0.2, 0.25) is 5.71 Å². The molecular formula is C14H15FN4O. The Morgan fingerprint density at radius 3 is 2.55 bits per heavy atom. The van der Waals surface area contributed by atoms with E-state index in [4.69, 9.17) is 15.3 Å². The maximum atomic E-state index is 13.3. The predicted octanol–water partition coefficient (Wildman–Crippen LogP) is 3.21. The number of halogens is 1. The quantitative estimate of drug-likeness (QED) is 0.638. The zero-order valence-electron chi connectivity index (χ0n) is 11.4. The molecule has 1 aromatic carbocycles. The molecule has 0 aromatic heterocycles. The lowest BCUT2D eigenvalue weighted by Crippen LogP contribution is -2.14. The second kappa shape index (κ2) is 7.75. The molecule has 1 rings (SSSR count). The summed E-state index contributed by atoms with van der Waals surface area (Å²) >= 11 is 0. The summed E-state index contributed by atoms with van der Waals surface area (Å²) < 4.78 is 19.0. The normalized spacial score (nSPS) is 9.50. The zero-order chi connectivity index (χ0) is 15.0. The molecular weight excluding hydrogens is 259 g/mol. The number of nitrogens with zero attached hydrogens (tertiary/aromatic N) is 3. The Morgan fingerprint density at radius 1 is 1.35 bits per heavy atom. The SMILES string of the molecule is CCC(CC)Oc1ccc(F)cc1NN=C(C#N)C#N. The van der Waals surface area contributed by atoms with Crippen molar-refractivity contribution in [2.75, 3.05) is 5.43 Å². The van der Waals surface area contributed by atoms with Crippen molar-refractivity contribution in [3.05, 3.63) is 24.0 Å². The van der Waals surface area contributed by atoms with E-state index < -0.39 is 5.82 Å². The number of benzene rings is 1. The van der Waals surface area contributed by atoms with Crippen LogP contribution in [0.1, 0.15) is 26.7 Å². The summed E-state index contributed by atoms with van der Waals surface area (Å²) in [5.41, 5.74) is 2.42. The van der Waals surface area contributed by atoms with E-state index in [1.165, 1.54) is 18.2 Å². The molecule has 1 aromatic rings. The molecule has 0 amide bonds. The summed E-state index contributed by atoms with van der Waals surface area (Å²) in [6.45, 7) is 3.98. The van der Waals surface area contributed by atoms with Gasteiger partial charge < -0.3 is 4.74 Å². The molecule has 0 aliphatic carbocycles. The molecule has 0 atom stereocenters. The highest BCUT2D eigenvalue weighted by Gasteiger charge is 2.10. The van der Waals surface area contributed by atoms with Crippen LogP contribution in [-0.2, 0) is 0 Å². The Bertz CT molecular complexity index is 552. The molecule has 0 heterocycles. The van der Waals surface area contributed by atoms with E-state index >= 15 is 0 Å². The van der Waals surface area contributed by atoms with Crippen LogP contribution in [0.2, 0.25) is 0 Å². The molecule has 0 aliphatic heterocycles. The smallest absolute Gasteiger partial charge is 0.237 e. The van der Waals surface area contributed by atoms with Crippen LogP contribution in [0.4, 0.5) is 10.1 Å². The largest absolute Gasteiger partial charge is 0.488 e. The molecule has 0 radical (unpaired) electrons. The highest BCUT2D eigenvalue weighted by molar-refractivity contribution is 6.10. The van der Waals surface area contributed by atoms with Crippen LogP contribution < -0.4 is 10.2 Å². The summed E-state index contributed by atoms with van der Waals surface area (Å²) in [6, 6.07) is 7.19. The van der Waals surface area contributed by atoms with Crippen molar-refractivity contribution in [1.29, 1.82) is 10.5 Å².